The summed E-state index contributed by atoms with van der Waals surface area (Å²) in [5.41, 5.74) is 4.28. The highest BCUT2D eigenvalue weighted by molar-refractivity contribution is 5.71. The molecule has 0 atom stereocenters. The molecule has 0 aliphatic carbocycles. The van der Waals surface area contributed by atoms with Crippen molar-refractivity contribution in [3.05, 3.63) is 24.3 Å². The zero-order valence-electron chi connectivity index (χ0n) is 8.60. The van der Waals surface area contributed by atoms with E-state index in [4.69, 9.17) is 5.84 Å². The Kier molecular flexibility index (Phi) is 2.34. The topological polar surface area (TPSA) is 81.7 Å². The summed E-state index contributed by atoms with van der Waals surface area (Å²) in [5, 5.41) is 4.11. The van der Waals surface area contributed by atoms with Gasteiger partial charge in [-0.25, -0.2) is 15.8 Å². The Hall–Kier alpha value is -1.95. The van der Waals surface area contributed by atoms with Gasteiger partial charge in [0.1, 0.15) is 11.6 Å². The molecule has 2 aromatic rings. The number of nitrogens with two attached hydrogens (primary N) is 1. The summed E-state index contributed by atoms with van der Waals surface area (Å²) in [6.07, 6.45) is 3.43. The molecule has 2 aromatic heterocycles. The van der Waals surface area contributed by atoms with E-state index in [-0.39, 0.29) is 0 Å². The van der Waals surface area contributed by atoms with Crippen LogP contribution in [0.3, 0.4) is 0 Å². The van der Waals surface area contributed by atoms with E-state index < -0.39 is 0 Å². The first kappa shape index (κ1) is 9.60. The van der Waals surface area contributed by atoms with Gasteiger partial charge >= 0.3 is 0 Å². The fourth-order valence-corrected chi connectivity index (χ4v) is 1.40. The smallest absolute Gasteiger partial charge is 0.147 e. The minimum absolute atomic E-state index is 0.722. The van der Waals surface area contributed by atoms with Crippen LogP contribution >= 0.6 is 0 Å². The lowest BCUT2D eigenvalue weighted by atomic mass is 10.2. The molecule has 0 aliphatic heterocycles. The lowest BCUT2D eigenvalue weighted by molar-refractivity contribution is 0.772. The highest BCUT2D eigenvalue weighted by atomic mass is 15.4. The lowest BCUT2D eigenvalue weighted by Gasteiger charge is -2.04. The molecular formula is C9H12N6. The number of nitrogen functional groups attached to an aromatic ring is 1. The van der Waals surface area contributed by atoms with Crippen LogP contribution in [0.15, 0.2) is 18.5 Å². The van der Waals surface area contributed by atoms with E-state index in [1.54, 1.807) is 17.1 Å². The normalized spacial score (nSPS) is 10.3. The monoisotopic (exact) mass is 204 g/mol. The molecule has 15 heavy (non-hydrogen) atoms. The van der Waals surface area contributed by atoms with Crippen LogP contribution in [0.1, 0.15) is 5.82 Å². The molecule has 0 bridgehead atoms. The van der Waals surface area contributed by atoms with Crippen LogP contribution in [0.5, 0.6) is 0 Å². The summed E-state index contributed by atoms with van der Waals surface area (Å²) in [7, 11) is 1.81. The van der Waals surface area contributed by atoms with E-state index in [9.17, 15) is 0 Å². The molecule has 0 spiro atoms. The molecule has 0 amide bonds. The largest absolute Gasteiger partial charge is 0.308 e. The second kappa shape index (κ2) is 3.66. The van der Waals surface area contributed by atoms with Crippen LogP contribution in [0.4, 0.5) is 5.82 Å². The Balaban J connectivity index is 2.54. The maximum atomic E-state index is 5.42. The summed E-state index contributed by atoms with van der Waals surface area (Å²) in [6, 6.07) is 1.82. The van der Waals surface area contributed by atoms with E-state index in [0.717, 1.165) is 22.9 Å². The average molecular weight is 204 g/mol. The third-order valence-corrected chi connectivity index (χ3v) is 2.13. The molecule has 0 radical (unpaired) electrons. The van der Waals surface area contributed by atoms with Gasteiger partial charge in [0.25, 0.3) is 0 Å². The van der Waals surface area contributed by atoms with Gasteiger partial charge in [0.15, 0.2) is 0 Å². The molecule has 3 N–H and O–H groups in total. The molecule has 0 aliphatic rings. The van der Waals surface area contributed by atoms with E-state index in [1.165, 1.54) is 0 Å². The highest BCUT2D eigenvalue weighted by Crippen LogP contribution is 2.24. The van der Waals surface area contributed by atoms with Crippen molar-refractivity contribution >= 4 is 5.82 Å². The Morgan fingerprint density at radius 2 is 2.27 bits per heavy atom. The Morgan fingerprint density at radius 3 is 2.93 bits per heavy atom. The number of nitrogens with zero attached hydrogens (tertiary/aromatic N) is 4. The zero-order chi connectivity index (χ0) is 10.8. The van der Waals surface area contributed by atoms with E-state index >= 15 is 0 Å². The van der Waals surface area contributed by atoms with Crippen molar-refractivity contribution in [3.63, 3.8) is 0 Å². The van der Waals surface area contributed by atoms with Crippen molar-refractivity contribution in [2.75, 3.05) is 5.43 Å². The molecule has 0 saturated heterocycles. The predicted molar refractivity (Wildman–Crippen MR) is 56.8 cm³/mol. The quantitative estimate of drug-likeness (QED) is 0.549. The molecule has 0 unspecified atom stereocenters. The van der Waals surface area contributed by atoms with Crippen LogP contribution in [0, 0.1) is 6.92 Å². The van der Waals surface area contributed by atoms with Gasteiger partial charge in [-0.2, -0.15) is 5.10 Å². The fourth-order valence-electron chi connectivity index (χ4n) is 1.40. The Morgan fingerprint density at radius 1 is 1.47 bits per heavy atom. The van der Waals surface area contributed by atoms with Gasteiger partial charge in [-0.3, -0.25) is 4.68 Å². The maximum Gasteiger partial charge on any atom is 0.147 e. The molecule has 6 nitrogen and oxygen atoms in total. The highest BCUT2D eigenvalue weighted by Gasteiger charge is 2.10. The Bertz CT molecular complexity index is 475. The lowest BCUT2D eigenvalue weighted by Crippen LogP contribution is -2.12. The average Bonchev–Trinajstić information content (AvgIpc) is 2.59. The number of hydrogen-bond acceptors (Lipinski definition) is 5. The third kappa shape index (κ3) is 1.66. The number of anilines is 1. The van der Waals surface area contributed by atoms with Gasteiger partial charge < -0.3 is 5.43 Å². The van der Waals surface area contributed by atoms with Gasteiger partial charge in [-0.05, 0) is 13.0 Å². The van der Waals surface area contributed by atoms with E-state index in [0.29, 0.717) is 0 Å². The van der Waals surface area contributed by atoms with E-state index in [2.05, 4.69) is 20.5 Å². The molecule has 0 fully saturated rings. The van der Waals surface area contributed by atoms with Crippen molar-refractivity contribution in [1.29, 1.82) is 0 Å². The second-order valence-corrected chi connectivity index (χ2v) is 3.16. The van der Waals surface area contributed by atoms with Crippen LogP contribution < -0.4 is 11.3 Å². The number of aromatic nitrogens is 4. The standard InChI is InChI=1S/C9H12N6/c1-6-11-4-3-8(13-6)7-5-12-15(2)9(7)14-10/h3-5,14H,10H2,1-2H3. The van der Waals surface area contributed by atoms with E-state index in [1.807, 2.05) is 20.0 Å². The molecule has 2 rings (SSSR count). The number of rotatable bonds is 2. The predicted octanol–water partition coefficient (Wildman–Crippen LogP) is 0.471. The maximum absolute atomic E-state index is 5.42. The number of hydrazine groups is 1. The summed E-state index contributed by atoms with van der Waals surface area (Å²) in [4.78, 5) is 8.34. The van der Waals surface area contributed by atoms with Crippen LogP contribution in [-0.4, -0.2) is 19.7 Å². The van der Waals surface area contributed by atoms with Crippen LogP contribution in [-0.2, 0) is 7.05 Å². The summed E-state index contributed by atoms with van der Waals surface area (Å²) in [6.45, 7) is 1.84. The Labute approximate surface area is 87.1 Å². The number of nitrogens with one attached hydrogen (secondary N) is 1. The van der Waals surface area contributed by atoms with Crippen molar-refractivity contribution in [2.24, 2.45) is 12.9 Å². The van der Waals surface area contributed by atoms with Gasteiger partial charge in [0, 0.05) is 13.2 Å². The summed E-state index contributed by atoms with van der Waals surface area (Å²) < 4.78 is 1.66. The first-order valence-electron chi connectivity index (χ1n) is 4.51. The number of hydrogen-bond donors (Lipinski definition) is 2. The fraction of sp³-hybridized carbons (Fsp3) is 0.222. The van der Waals surface area contributed by atoms with Crippen molar-refractivity contribution in [2.45, 2.75) is 6.92 Å². The molecule has 78 valence electrons. The molecular weight excluding hydrogens is 192 g/mol. The van der Waals surface area contributed by atoms with Gasteiger partial charge in [-0.1, -0.05) is 0 Å². The first-order valence-corrected chi connectivity index (χ1v) is 4.51. The summed E-state index contributed by atoms with van der Waals surface area (Å²) in [5.74, 6) is 6.87. The van der Waals surface area contributed by atoms with Crippen LogP contribution in [0.25, 0.3) is 11.3 Å². The minimum atomic E-state index is 0.722. The minimum Gasteiger partial charge on any atom is -0.308 e. The van der Waals surface area contributed by atoms with Crippen molar-refractivity contribution < 1.29 is 0 Å². The van der Waals surface area contributed by atoms with Crippen molar-refractivity contribution in [3.8, 4) is 11.3 Å². The molecule has 0 aromatic carbocycles. The molecule has 0 saturated carbocycles. The van der Waals surface area contributed by atoms with Gasteiger partial charge in [0.2, 0.25) is 0 Å². The number of aryl methyl sites for hydroxylation is 2. The first-order chi connectivity index (χ1) is 7.22. The molecule has 2 heterocycles. The van der Waals surface area contributed by atoms with Gasteiger partial charge in [0.05, 0.1) is 17.5 Å². The SMILES string of the molecule is Cc1nccc(-c2cnn(C)c2NN)n1. The molecule has 6 heteroatoms. The third-order valence-electron chi connectivity index (χ3n) is 2.13. The van der Waals surface area contributed by atoms with Gasteiger partial charge in [-0.15, -0.1) is 0 Å². The second-order valence-electron chi connectivity index (χ2n) is 3.16. The summed E-state index contributed by atoms with van der Waals surface area (Å²) >= 11 is 0. The van der Waals surface area contributed by atoms with Crippen LogP contribution in [0.2, 0.25) is 0 Å². The van der Waals surface area contributed by atoms with Crippen molar-refractivity contribution in [1.82, 2.24) is 19.7 Å². The zero-order valence-corrected chi connectivity index (χ0v) is 8.60.